The van der Waals surface area contributed by atoms with Gasteiger partial charge in [0.15, 0.2) is 0 Å². The molecule has 1 aromatic heterocycles. The molecule has 3 heteroatoms. The zero-order chi connectivity index (χ0) is 12.8. The normalized spacial score (nSPS) is 34.0. The number of hydrogen-bond acceptors (Lipinski definition) is 3. The van der Waals surface area contributed by atoms with Gasteiger partial charge in [0.1, 0.15) is 0 Å². The molecule has 2 aliphatic rings. The summed E-state index contributed by atoms with van der Waals surface area (Å²) in [6.45, 7) is 7.78. The van der Waals surface area contributed by atoms with Gasteiger partial charge in [0.2, 0.25) is 0 Å². The van der Waals surface area contributed by atoms with E-state index in [1.54, 1.807) is 11.3 Å². The number of fused-ring (bicyclic) bond motifs is 1. The molecule has 100 valence electrons. The van der Waals surface area contributed by atoms with Gasteiger partial charge < -0.3 is 5.32 Å². The Bertz CT molecular complexity index is 414. The highest BCUT2D eigenvalue weighted by atomic mass is 32.1. The molecule has 1 aromatic rings. The summed E-state index contributed by atoms with van der Waals surface area (Å²) in [5, 5.41) is 7.14. The molecule has 0 spiro atoms. The van der Waals surface area contributed by atoms with Gasteiger partial charge in [0.25, 0.3) is 0 Å². The maximum Gasteiger partial charge on any atom is 0.0897 e. The predicted octanol–water partition coefficient (Wildman–Crippen LogP) is 3.41. The Kier molecular flexibility index (Phi) is 3.23. The smallest absolute Gasteiger partial charge is 0.0897 e. The summed E-state index contributed by atoms with van der Waals surface area (Å²) in [5.74, 6) is 2.08. The van der Waals surface area contributed by atoms with E-state index in [1.165, 1.54) is 42.9 Å². The first-order valence-corrected chi connectivity index (χ1v) is 8.09. The molecule has 2 aliphatic carbocycles. The second-order valence-corrected chi connectivity index (χ2v) is 7.80. The van der Waals surface area contributed by atoms with Gasteiger partial charge in [-0.3, -0.25) is 0 Å². The maximum atomic E-state index is 4.68. The molecule has 2 atom stereocenters. The Morgan fingerprint density at radius 1 is 1.44 bits per heavy atom. The van der Waals surface area contributed by atoms with Crippen LogP contribution in [0.25, 0.3) is 0 Å². The Balaban J connectivity index is 1.69. The van der Waals surface area contributed by atoms with E-state index < -0.39 is 0 Å². The van der Waals surface area contributed by atoms with Crippen molar-refractivity contribution < 1.29 is 0 Å². The van der Waals surface area contributed by atoms with Gasteiger partial charge in [0, 0.05) is 18.0 Å². The Labute approximate surface area is 114 Å². The molecular weight excluding hydrogens is 240 g/mol. The van der Waals surface area contributed by atoms with Gasteiger partial charge in [-0.2, -0.15) is 0 Å². The van der Waals surface area contributed by atoms with Crippen molar-refractivity contribution in [3.63, 3.8) is 0 Å². The summed E-state index contributed by atoms with van der Waals surface area (Å²) < 4.78 is 0. The average molecular weight is 264 g/mol. The van der Waals surface area contributed by atoms with Gasteiger partial charge in [0.05, 0.1) is 10.7 Å². The van der Waals surface area contributed by atoms with Gasteiger partial charge in [-0.25, -0.2) is 4.98 Å². The van der Waals surface area contributed by atoms with Gasteiger partial charge >= 0.3 is 0 Å². The first kappa shape index (κ1) is 12.6. The van der Waals surface area contributed by atoms with Gasteiger partial charge in [-0.15, -0.1) is 11.3 Å². The molecule has 0 aliphatic heterocycles. The largest absolute Gasteiger partial charge is 0.314 e. The molecule has 0 bridgehead atoms. The molecule has 0 amide bonds. The van der Waals surface area contributed by atoms with E-state index in [4.69, 9.17) is 0 Å². The summed E-state index contributed by atoms with van der Waals surface area (Å²) in [7, 11) is 0. The van der Waals surface area contributed by atoms with Crippen molar-refractivity contribution in [2.75, 3.05) is 6.54 Å². The molecule has 2 nitrogen and oxygen atoms in total. The summed E-state index contributed by atoms with van der Waals surface area (Å²) in [4.78, 5) is 4.68. The van der Waals surface area contributed by atoms with Crippen LogP contribution in [0.3, 0.4) is 0 Å². The van der Waals surface area contributed by atoms with Gasteiger partial charge in [-0.1, -0.05) is 13.8 Å². The molecule has 0 aromatic carbocycles. The van der Waals surface area contributed by atoms with E-state index >= 15 is 0 Å². The molecule has 2 fully saturated rings. The lowest BCUT2D eigenvalue weighted by molar-refractivity contribution is 0.239. The second-order valence-electron chi connectivity index (χ2n) is 6.73. The van der Waals surface area contributed by atoms with Crippen molar-refractivity contribution in [1.82, 2.24) is 10.3 Å². The second kappa shape index (κ2) is 4.61. The van der Waals surface area contributed by atoms with Gasteiger partial charge in [-0.05, 0) is 49.9 Å². The monoisotopic (exact) mass is 264 g/mol. The molecule has 2 unspecified atom stereocenters. The average Bonchev–Trinajstić information content (AvgIpc) is 2.72. The third kappa shape index (κ3) is 2.62. The maximum absolute atomic E-state index is 4.68. The molecule has 0 radical (unpaired) electrons. The number of aromatic nitrogens is 1. The lowest BCUT2D eigenvalue weighted by atomic mass is 9.78. The minimum Gasteiger partial charge on any atom is -0.314 e. The minimum atomic E-state index is 0.498. The van der Waals surface area contributed by atoms with E-state index in [2.05, 4.69) is 36.5 Å². The zero-order valence-electron chi connectivity index (χ0n) is 11.7. The summed E-state index contributed by atoms with van der Waals surface area (Å²) in [6, 6.07) is 0.593. The molecule has 3 rings (SSSR count). The van der Waals surface area contributed by atoms with E-state index in [0.29, 0.717) is 11.5 Å². The van der Waals surface area contributed by atoms with Crippen molar-refractivity contribution in [3.8, 4) is 0 Å². The number of rotatable bonds is 5. The fraction of sp³-hybridized carbons (Fsp3) is 0.800. The van der Waals surface area contributed by atoms with Crippen molar-refractivity contribution in [2.24, 2.45) is 17.3 Å². The third-order valence-electron chi connectivity index (χ3n) is 4.57. The Morgan fingerprint density at radius 3 is 2.72 bits per heavy atom. The third-order valence-corrected chi connectivity index (χ3v) is 5.39. The van der Waals surface area contributed by atoms with Crippen LogP contribution in [-0.4, -0.2) is 17.6 Å². The van der Waals surface area contributed by atoms with Crippen LogP contribution in [0.4, 0.5) is 0 Å². The number of hydrogen-bond donors (Lipinski definition) is 1. The summed E-state index contributed by atoms with van der Waals surface area (Å²) in [5.41, 5.74) is 1.82. The van der Waals surface area contributed by atoms with Crippen LogP contribution in [-0.2, 0) is 6.42 Å². The number of thiazole rings is 1. The fourth-order valence-electron chi connectivity index (χ4n) is 3.65. The number of nitrogens with one attached hydrogen (secondary N) is 1. The van der Waals surface area contributed by atoms with E-state index in [-0.39, 0.29) is 0 Å². The number of aryl methyl sites for hydroxylation is 1. The van der Waals surface area contributed by atoms with Crippen LogP contribution in [0.5, 0.6) is 0 Å². The van der Waals surface area contributed by atoms with Crippen molar-refractivity contribution in [2.45, 2.75) is 52.5 Å². The minimum absolute atomic E-state index is 0.498. The fourth-order valence-corrected chi connectivity index (χ4v) is 4.26. The SMILES string of the molecule is Cc1nc(CC2(CNC(C)C)CC3CC3C2)cs1. The molecule has 0 saturated heterocycles. The standard InChI is InChI=1S/C15H24N2S/c1-10(2)16-9-15(5-12-4-13(12)6-15)7-14-8-18-11(3)17-14/h8,10,12-13,16H,4-7,9H2,1-3H3. The van der Waals surface area contributed by atoms with Crippen LogP contribution in [0.2, 0.25) is 0 Å². The van der Waals surface area contributed by atoms with E-state index in [9.17, 15) is 0 Å². The lowest BCUT2D eigenvalue weighted by Gasteiger charge is -2.31. The Morgan fingerprint density at radius 2 is 2.17 bits per heavy atom. The molecule has 1 heterocycles. The highest BCUT2D eigenvalue weighted by Gasteiger charge is 2.53. The molecular formula is C15H24N2S. The predicted molar refractivity (Wildman–Crippen MR) is 77.0 cm³/mol. The summed E-state index contributed by atoms with van der Waals surface area (Å²) in [6.07, 6.45) is 5.53. The zero-order valence-corrected chi connectivity index (χ0v) is 12.5. The quantitative estimate of drug-likeness (QED) is 0.881. The van der Waals surface area contributed by atoms with E-state index in [1.807, 2.05) is 0 Å². The topological polar surface area (TPSA) is 24.9 Å². The Hall–Kier alpha value is -0.410. The van der Waals surface area contributed by atoms with Crippen LogP contribution in [0.15, 0.2) is 5.38 Å². The molecule has 2 saturated carbocycles. The van der Waals surface area contributed by atoms with Crippen LogP contribution in [0.1, 0.15) is 43.8 Å². The van der Waals surface area contributed by atoms with Crippen molar-refractivity contribution in [1.29, 1.82) is 0 Å². The highest BCUT2D eigenvalue weighted by molar-refractivity contribution is 7.09. The number of nitrogens with zero attached hydrogens (tertiary/aromatic N) is 1. The van der Waals surface area contributed by atoms with Crippen LogP contribution >= 0.6 is 11.3 Å². The lowest BCUT2D eigenvalue weighted by Crippen LogP contribution is -2.38. The van der Waals surface area contributed by atoms with Crippen molar-refractivity contribution >= 4 is 11.3 Å². The van der Waals surface area contributed by atoms with Crippen LogP contribution in [0, 0.1) is 24.2 Å². The first-order chi connectivity index (χ1) is 8.56. The first-order valence-electron chi connectivity index (χ1n) is 7.21. The van der Waals surface area contributed by atoms with E-state index in [0.717, 1.165) is 11.8 Å². The summed E-state index contributed by atoms with van der Waals surface area (Å²) >= 11 is 1.79. The van der Waals surface area contributed by atoms with Crippen molar-refractivity contribution in [3.05, 3.63) is 16.1 Å². The highest BCUT2D eigenvalue weighted by Crippen LogP contribution is 2.60. The van der Waals surface area contributed by atoms with Crippen LogP contribution < -0.4 is 5.32 Å². The molecule has 18 heavy (non-hydrogen) atoms. The molecule has 1 N–H and O–H groups in total.